The molecule has 2 aliphatic rings. The molecule has 112 valence electrons. The van der Waals surface area contributed by atoms with E-state index in [1.807, 2.05) is 0 Å². The molecule has 2 rings (SSSR count). The van der Waals surface area contributed by atoms with Crippen LogP contribution in [0.15, 0.2) is 0 Å². The highest BCUT2D eigenvalue weighted by Gasteiger charge is 2.41. The summed E-state index contributed by atoms with van der Waals surface area (Å²) in [6.45, 7) is 13.3. The van der Waals surface area contributed by atoms with Crippen LogP contribution in [0.3, 0.4) is 0 Å². The predicted molar refractivity (Wildman–Crippen MR) is 83.5 cm³/mol. The monoisotopic (exact) mass is 266 g/mol. The molecule has 0 aromatic heterocycles. The van der Waals surface area contributed by atoms with E-state index in [2.05, 4.69) is 37.9 Å². The lowest BCUT2D eigenvalue weighted by Gasteiger charge is -2.52. The molecule has 1 saturated carbocycles. The second kappa shape index (κ2) is 6.58. The first-order chi connectivity index (χ1) is 9.15. The van der Waals surface area contributed by atoms with Crippen LogP contribution < -0.4 is 5.32 Å². The Kier molecular flexibility index (Phi) is 5.30. The summed E-state index contributed by atoms with van der Waals surface area (Å²) in [6.07, 6.45) is 8.28. The third kappa shape index (κ3) is 3.16. The summed E-state index contributed by atoms with van der Waals surface area (Å²) in [6, 6.07) is 0.705. The first kappa shape index (κ1) is 15.3. The lowest BCUT2D eigenvalue weighted by molar-refractivity contribution is -0.00101. The van der Waals surface area contributed by atoms with Crippen molar-refractivity contribution in [1.82, 2.24) is 10.2 Å². The minimum atomic E-state index is 0.430. The van der Waals surface area contributed by atoms with E-state index >= 15 is 0 Å². The van der Waals surface area contributed by atoms with Gasteiger partial charge in [-0.15, -0.1) is 0 Å². The van der Waals surface area contributed by atoms with Gasteiger partial charge < -0.3 is 5.32 Å². The van der Waals surface area contributed by atoms with Crippen LogP contribution in [0.5, 0.6) is 0 Å². The van der Waals surface area contributed by atoms with Crippen molar-refractivity contribution in [3.63, 3.8) is 0 Å². The smallest absolute Gasteiger partial charge is 0.0329 e. The number of rotatable bonds is 6. The number of hydrogen-bond acceptors (Lipinski definition) is 2. The second-order valence-corrected chi connectivity index (χ2v) is 7.01. The zero-order valence-electron chi connectivity index (χ0n) is 13.5. The summed E-state index contributed by atoms with van der Waals surface area (Å²) in [7, 11) is 0. The van der Waals surface area contributed by atoms with E-state index in [-0.39, 0.29) is 0 Å². The van der Waals surface area contributed by atoms with Gasteiger partial charge in [0.05, 0.1) is 0 Å². The normalized spacial score (nSPS) is 30.0. The van der Waals surface area contributed by atoms with Crippen LogP contribution in [0, 0.1) is 11.8 Å². The van der Waals surface area contributed by atoms with Gasteiger partial charge in [-0.3, -0.25) is 4.90 Å². The first-order valence-electron chi connectivity index (χ1n) is 8.63. The quantitative estimate of drug-likeness (QED) is 0.789. The van der Waals surface area contributed by atoms with Crippen molar-refractivity contribution in [2.45, 2.75) is 77.8 Å². The first-order valence-corrected chi connectivity index (χ1v) is 8.63. The summed E-state index contributed by atoms with van der Waals surface area (Å²) in [5.74, 6) is 1.80. The van der Waals surface area contributed by atoms with Gasteiger partial charge in [-0.05, 0) is 37.5 Å². The summed E-state index contributed by atoms with van der Waals surface area (Å²) in [4.78, 5) is 2.87. The maximum absolute atomic E-state index is 3.86. The van der Waals surface area contributed by atoms with Crippen molar-refractivity contribution in [2.24, 2.45) is 11.8 Å². The fourth-order valence-corrected chi connectivity index (χ4v) is 3.80. The van der Waals surface area contributed by atoms with Gasteiger partial charge in [-0.25, -0.2) is 0 Å². The Hall–Kier alpha value is -0.0800. The summed E-state index contributed by atoms with van der Waals surface area (Å²) in [5.41, 5.74) is 0.430. The van der Waals surface area contributed by atoms with Gasteiger partial charge >= 0.3 is 0 Å². The molecule has 0 radical (unpaired) electrons. The molecule has 1 heterocycles. The molecule has 0 bridgehead atoms. The Morgan fingerprint density at radius 1 is 1.21 bits per heavy atom. The number of nitrogens with zero attached hydrogens (tertiary/aromatic N) is 1. The highest BCUT2D eigenvalue weighted by atomic mass is 15.3. The van der Waals surface area contributed by atoms with Crippen LogP contribution >= 0.6 is 0 Å². The molecule has 0 amide bonds. The van der Waals surface area contributed by atoms with E-state index < -0.39 is 0 Å². The van der Waals surface area contributed by atoms with Gasteiger partial charge in [0, 0.05) is 31.2 Å². The highest BCUT2D eigenvalue weighted by molar-refractivity contribution is 4.99. The fraction of sp³-hybridized carbons (Fsp3) is 1.00. The molecule has 19 heavy (non-hydrogen) atoms. The number of piperazine rings is 1. The van der Waals surface area contributed by atoms with Crippen molar-refractivity contribution >= 4 is 0 Å². The molecule has 1 aliphatic carbocycles. The molecule has 2 fully saturated rings. The third-order valence-electron chi connectivity index (χ3n) is 6.13. The maximum atomic E-state index is 3.86. The van der Waals surface area contributed by atoms with E-state index in [4.69, 9.17) is 0 Å². The molecular weight excluding hydrogens is 232 g/mol. The molecule has 1 saturated heterocycles. The average molecular weight is 266 g/mol. The maximum Gasteiger partial charge on any atom is 0.0329 e. The van der Waals surface area contributed by atoms with Crippen molar-refractivity contribution in [3.8, 4) is 0 Å². The molecule has 2 nitrogen and oxygen atoms in total. The molecule has 0 aromatic rings. The van der Waals surface area contributed by atoms with E-state index in [0.29, 0.717) is 11.6 Å². The molecule has 2 atom stereocenters. The zero-order valence-corrected chi connectivity index (χ0v) is 13.5. The van der Waals surface area contributed by atoms with Crippen molar-refractivity contribution in [1.29, 1.82) is 0 Å². The summed E-state index contributed by atoms with van der Waals surface area (Å²) < 4.78 is 0. The second-order valence-electron chi connectivity index (χ2n) is 7.01. The Morgan fingerprint density at radius 3 is 2.37 bits per heavy atom. The molecular formula is C17H34N2. The van der Waals surface area contributed by atoms with Gasteiger partial charge in [0.25, 0.3) is 0 Å². The lowest BCUT2D eigenvalue weighted by atomic mass is 9.80. The fourth-order valence-electron chi connectivity index (χ4n) is 3.80. The molecule has 2 heteroatoms. The van der Waals surface area contributed by atoms with E-state index in [1.54, 1.807) is 0 Å². The largest absolute Gasteiger partial charge is 0.311 e. The zero-order chi connectivity index (χ0) is 13.9. The Morgan fingerprint density at radius 2 is 1.89 bits per heavy atom. The highest BCUT2D eigenvalue weighted by Crippen LogP contribution is 2.34. The standard InChI is InChI=1S/C17H34N2/c1-5-14(4)16-12-19(11-15-9-8-10-15)17(6-2,7-3)13-18-16/h14-16,18H,5-13H2,1-4H3. The van der Waals surface area contributed by atoms with Crippen molar-refractivity contribution < 1.29 is 0 Å². The molecule has 1 N–H and O–H groups in total. The van der Waals surface area contributed by atoms with Crippen LogP contribution in [0.4, 0.5) is 0 Å². The van der Waals surface area contributed by atoms with Crippen molar-refractivity contribution in [3.05, 3.63) is 0 Å². The van der Waals surface area contributed by atoms with Gasteiger partial charge in [-0.2, -0.15) is 0 Å². The van der Waals surface area contributed by atoms with Crippen LogP contribution in [0.25, 0.3) is 0 Å². The van der Waals surface area contributed by atoms with E-state index in [9.17, 15) is 0 Å². The van der Waals surface area contributed by atoms with Gasteiger partial charge in [-0.1, -0.05) is 40.5 Å². The Balaban J connectivity index is 2.03. The molecule has 1 aliphatic heterocycles. The molecule has 0 spiro atoms. The minimum Gasteiger partial charge on any atom is -0.311 e. The van der Waals surface area contributed by atoms with Crippen LogP contribution in [0.1, 0.15) is 66.2 Å². The summed E-state index contributed by atoms with van der Waals surface area (Å²) in [5, 5.41) is 3.86. The predicted octanol–water partition coefficient (Wildman–Crippen LogP) is 3.67. The Bertz CT molecular complexity index is 268. The number of hydrogen-bond donors (Lipinski definition) is 1. The minimum absolute atomic E-state index is 0.430. The third-order valence-corrected chi connectivity index (χ3v) is 6.13. The molecule has 0 aromatic carbocycles. The molecule has 2 unspecified atom stereocenters. The van der Waals surface area contributed by atoms with Crippen LogP contribution in [0.2, 0.25) is 0 Å². The summed E-state index contributed by atoms with van der Waals surface area (Å²) >= 11 is 0. The topological polar surface area (TPSA) is 15.3 Å². The average Bonchev–Trinajstić information content (AvgIpc) is 2.41. The Labute approximate surface area is 120 Å². The lowest BCUT2D eigenvalue weighted by Crippen LogP contribution is -2.66. The van der Waals surface area contributed by atoms with Gasteiger partial charge in [0.1, 0.15) is 0 Å². The van der Waals surface area contributed by atoms with Crippen LogP contribution in [-0.4, -0.2) is 36.1 Å². The van der Waals surface area contributed by atoms with Crippen LogP contribution in [-0.2, 0) is 0 Å². The number of nitrogens with one attached hydrogen (secondary N) is 1. The SMILES string of the molecule is CCC(C)C1CN(CC2CCC2)C(CC)(CC)CN1. The van der Waals surface area contributed by atoms with Gasteiger partial charge in [0.2, 0.25) is 0 Å². The van der Waals surface area contributed by atoms with Crippen molar-refractivity contribution in [2.75, 3.05) is 19.6 Å². The van der Waals surface area contributed by atoms with Gasteiger partial charge in [0.15, 0.2) is 0 Å². The van der Waals surface area contributed by atoms with E-state index in [1.165, 1.54) is 58.2 Å². The van der Waals surface area contributed by atoms with E-state index in [0.717, 1.165) is 11.8 Å².